The summed E-state index contributed by atoms with van der Waals surface area (Å²) < 4.78 is 31.1. The maximum absolute atomic E-state index is 13.4. The number of hydrogen-bond donors (Lipinski definition) is 1. The van der Waals surface area contributed by atoms with Crippen LogP contribution in [0.3, 0.4) is 0 Å². The lowest BCUT2D eigenvalue weighted by molar-refractivity contribution is -0.139. The third kappa shape index (κ3) is 7.25. The first kappa shape index (κ1) is 26.8. The van der Waals surface area contributed by atoms with Crippen LogP contribution in [0.25, 0.3) is 0 Å². The molecule has 11 heteroatoms. The van der Waals surface area contributed by atoms with Crippen LogP contribution < -0.4 is 14.4 Å². The highest BCUT2D eigenvalue weighted by atomic mass is 35.5. The molecule has 2 aromatic rings. The summed E-state index contributed by atoms with van der Waals surface area (Å²) in [5.41, 5.74) is 0.899. The van der Waals surface area contributed by atoms with Gasteiger partial charge in [-0.3, -0.25) is 13.9 Å². The van der Waals surface area contributed by atoms with Crippen molar-refractivity contribution in [2.75, 3.05) is 30.8 Å². The number of anilines is 1. The van der Waals surface area contributed by atoms with Crippen molar-refractivity contribution >= 4 is 50.7 Å². The summed E-state index contributed by atoms with van der Waals surface area (Å²) in [6.45, 7) is 3.29. The molecule has 0 bridgehead atoms. The minimum atomic E-state index is -3.85. The Bertz CT molecular complexity index is 1110. The topological polar surface area (TPSA) is 96.0 Å². The number of benzene rings is 2. The van der Waals surface area contributed by atoms with Crippen LogP contribution in [0.5, 0.6) is 5.75 Å². The fourth-order valence-electron chi connectivity index (χ4n) is 3.16. The van der Waals surface area contributed by atoms with Crippen molar-refractivity contribution in [1.82, 2.24) is 10.2 Å². The summed E-state index contributed by atoms with van der Waals surface area (Å²) in [6.07, 6.45) is 0.993. The summed E-state index contributed by atoms with van der Waals surface area (Å²) >= 11 is 12.2. The van der Waals surface area contributed by atoms with Crippen molar-refractivity contribution in [3.05, 3.63) is 58.1 Å². The van der Waals surface area contributed by atoms with Crippen molar-refractivity contribution in [1.29, 1.82) is 0 Å². The SMILES string of the molecule is CCNC(=O)C(C)N(Cc1cccc(Cl)c1)C(=O)CN(c1ccc(OC)c(Cl)c1)S(C)(=O)=O. The molecule has 0 heterocycles. The lowest BCUT2D eigenvalue weighted by Crippen LogP contribution is -2.51. The van der Waals surface area contributed by atoms with E-state index in [4.69, 9.17) is 27.9 Å². The monoisotopic (exact) mass is 515 g/mol. The lowest BCUT2D eigenvalue weighted by Gasteiger charge is -2.31. The molecular weight excluding hydrogens is 489 g/mol. The van der Waals surface area contributed by atoms with Crippen molar-refractivity contribution in [3.63, 3.8) is 0 Å². The number of carbonyl (C=O) groups excluding carboxylic acids is 2. The van der Waals surface area contributed by atoms with E-state index in [0.717, 1.165) is 10.6 Å². The number of amides is 2. The number of nitrogens with one attached hydrogen (secondary N) is 1. The van der Waals surface area contributed by atoms with Gasteiger partial charge in [0, 0.05) is 18.1 Å². The summed E-state index contributed by atoms with van der Waals surface area (Å²) in [5, 5.41) is 3.37. The fourth-order valence-corrected chi connectivity index (χ4v) is 4.47. The quantitative estimate of drug-likeness (QED) is 0.523. The number of methoxy groups -OCH3 is 1. The minimum Gasteiger partial charge on any atom is -0.495 e. The predicted molar refractivity (Wildman–Crippen MR) is 130 cm³/mol. The van der Waals surface area contributed by atoms with Crippen LogP contribution >= 0.6 is 23.2 Å². The Kier molecular flexibility index (Phi) is 9.39. The van der Waals surface area contributed by atoms with Crippen molar-refractivity contribution in [2.24, 2.45) is 0 Å². The van der Waals surface area contributed by atoms with Gasteiger partial charge in [-0.05, 0) is 49.7 Å². The van der Waals surface area contributed by atoms with Gasteiger partial charge in [0.2, 0.25) is 21.8 Å². The van der Waals surface area contributed by atoms with E-state index in [-0.39, 0.29) is 23.2 Å². The van der Waals surface area contributed by atoms with E-state index in [2.05, 4.69) is 5.32 Å². The highest BCUT2D eigenvalue weighted by Crippen LogP contribution is 2.30. The number of likely N-dealkylation sites (N-methyl/N-ethyl adjacent to an activating group) is 1. The molecule has 0 aliphatic rings. The van der Waals surface area contributed by atoms with Gasteiger partial charge in [0.05, 0.1) is 24.1 Å². The normalized spacial score (nSPS) is 12.1. The molecule has 0 saturated carbocycles. The molecule has 0 radical (unpaired) electrons. The first-order chi connectivity index (χ1) is 15.5. The Morgan fingerprint density at radius 3 is 2.39 bits per heavy atom. The molecule has 0 aromatic heterocycles. The molecule has 180 valence electrons. The second-order valence-electron chi connectivity index (χ2n) is 7.31. The van der Waals surface area contributed by atoms with E-state index in [0.29, 0.717) is 22.9 Å². The molecule has 0 spiro atoms. The second-order valence-corrected chi connectivity index (χ2v) is 10.1. The van der Waals surface area contributed by atoms with Gasteiger partial charge >= 0.3 is 0 Å². The maximum atomic E-state index is 13.4. The van der Waals surface area contributed by atoms with E-state index in [1.165, 1.54) is 30.2 Å². The van der Waals surface area contributed by atoms with E-state index in [9.17, 15) is 18.0 Å². The lowest BCUT2D eigenvalue weighted by atomic mass is 10.1. The van der Waals surface area contributed by atoms with Crippen LogP contribution in [0, 0.1) is 0 Å². The number of sulfonamides is 1. The molecule has 1 N–H and O–H groups in total. The predicted octanol–water partition coefficient (Wildman–Crippen LogP) is 3.32. The number of hydrogen-bond acceptors (Lipinski definition) is 5. The highest BCUT2D eigenvalue weighted by Gasteiger charge is 2.30. The zero-order valence-corrected chi connectivity index (χ0v) is 21.2. The summed E-state index contributed by atoms with van der Waals surface area (Å²) in [5.74, 6) is -0.551. The van der Waals surface area contributed by atoms with Crippen molar-refractivity contribution in [2.45, 2.75) is 26.4 Å². The molecule has 0 aliphatic carbocycles. The van der Waals surface area contributed by atoms with Gasteiger partial charge < -0.3 is 15.0 Å². The van der Waals surface area contributed by atoms with Crippen LogP contribution in [-0.4, -0.2) is 57.6 Å². The third-order valence-corrected chi connectivity index (χ3v) is 6.53. The molecule has 2 amide bonds. The Hall–Kier alpha value is -2.49. The molecule has 0 aliphatic heterocycles. The van der Waals surface area contributed by atoms with E-state index < -0.39 is 28.5 Å². The Labute approximate surface area is 204 Å². The van der Waals surface area contributed by atoms with Crippen LogP contribution in [0.1, 0.15) is 19.4 Å². The standard InChI is InChI=1S/C22H27Cl2N3O5S/c1-5-25-22(29)15(2)26(13-16-7-6-8-17(23)11-16)21(28)14-27(33(4,30)31)18-9-10-20(32-3)19(24)12-18/h6-12,15H,5,13-14H2,1-4H3,(H,25,29). The largest absolute Gasteiger partial charge is 0.495 e. The van der Waals surface area contributed by atoms with Gasteiger partial charge in [0.1, 0.15) is 18.3 Å². The molecule has 2 aromatic carbocycles. The van der Waals surface area contributed by atoms with Crippen LogP contribution in [0.4, 0.5) is 5.69 Å². The van der Waals surface area contributed by atoms with Crippen LogP contribution in [0.15, 0.2) is 42.5 Å². The fraction of sp³-hybridized carbons (Fsp3) is 0.364. The second kappa shape index (κ2) is 11.6. The van der Waals surface area contributed by atoms with Gasteiger partial charge in [0.15, 0.2) is 0 Å². The zero-order valence-electron chi connectivity index (χ0n) is 18.8. The first-order valence-electron chi connectivity index (χ1n) is 10.1. The third-order valence-electron chi connectivity index (χ3n) is 4.86. The van der Waals surface area contributed by atoms with Crippen molar-refractivity contribution in [3.8, 4) is 5.75 Å². The number of nitrogens with zero attached hydrogens (tertiary/aromatic N) is 2. The Balaban J connectivity index is 2.41. The number of carbonyl (C=O) groups is 2. The average Bonchev–Trinajstić information content (AvgIpc) is 2.74. The molecule has 0 saturated heterocycles. The van der Waals surface area contributed by atoms with Crippen LogP contribution in [-0.2, 0) is 26.2 Å². The molecule has 1 unspecified atom stereocenters. The first-order valence-corrected chi connectivity index (χ1v) is 12.7. The van der Waals surface area contributed by atoms with Gasteiger partial charge in [-0.2, -0.15) is 0 Å². The van der Waals surface area contributed by atoms with Gasteiger partial charge in [-0.25, -0.2) is 8.42 Å². The maximum Gasteiger partial charge on any atom is 0.244 e. The molecule has 2 rings (SSSR count). The van der Waals surface area contributed by atoms with Crippen molar-refractivity contribution < 1.29 is 22.7 Å². The molecule has 33 heavy (non-hydrogen) atoms. The summed E-state index contributed by atoms with van der Waals surface area (Å²) in [6, 6.07) is 10.5. The smallest absolute Gasteiger partial charge is 0.244 e. The van der Waals surface area contributed by atoms with Gasteiger partial charge in [-0.1, -0.05) is 35.3 Å². The van der Waals surface area contributed by atoms with E-state index >= 15 is 0 Å². The van der Waals surface area contributed by atoms with E-state index in [1.807, 2.05) is 0 Å². The number of halogens is 2. The molecular formula is C22H27Cl2N3O5S. The molecule has 1 atom stereocenters. The van der Waals surface area contributed by atoms with E-state index in [1.54, 1.807) is 38.1 Å². The number of rotatable bonds is 10. The molecule has 8 nitrogen and oxygen atoms in total. The zero-order chi connectivity index (χ0) is 24.8. The Morgan fingerprint density at radius 2 is 1.85 bits per heavy atom. The minimum absolute atomic E-state index is 0.0681. The van der Waals surface area contributed by atoms with Crippen LogP contribution in [0.2, 0.25) is 10.0 Å². The van der Waals surface area contributed by atoms with Gasteiger partial charge in [0.25, 0.3) is 0 Å². The summed E-state index contributed by atoms with van der Waals surface area (Å²) in [4.78, 5) is 27.2. The summed E-state index contributed by atoms with van der Waals surface area (Å²) in [7, 11) is -2.41. The van der Waals surface area contributed by atoms with Gasteiger partial charge in [-0.15, -0.1) is 0 Å². The highest BCUT2D eigenvalue weighted by molar-refractivity contribution is 7.92. The average molecular weight is 516 g/mol. The number of ether oxygens (including phenoxy) is 1. The molecule has 0 fully saturated rings. The Morgan fingerprint density at radius 1 is 1.15 bits per heavy atom.